The highest BCUT2D eigenvalue weighted by Crippen LogP contribution is 2.39. The maximum absolute atomic E-state index is 11.2. The van der Waals surface area contributed by atoms with Crippen molar-refractivity contribution in [3.05, 3.63) is 0 Å². The predicted octanol–water partition coefficient (Wildman–Crippen LogP) is -6.28. The average molecular weight is 641 g/mol. The van der Waals surface area contributed by atoms with E-state index in [1.165, 1.54) is 7.11 Å². The second-order valence-corrected chi connectivity index (χ2v) is 12.5. The van der Waals surface area contributed by atoms with Crippen LogP contribution in [0.4, 0.5) is 0 Å². The number of ether oxygens (including phenoxy) is 5. The van der Waals surface area contributed by atoms with Gasteiger partial charge in [-0.25, -0.2) is 0 Å². The smallest absolute Gasteiger partial charge is 0.187 e. The molecule has 1 saturated carbocycles. The quantitative estimate of drug-likeness (QED) is 0.0839. The van der Waals surface area contributed by atoms with Crippen molar-refractivity contribution in [1.29, 1.82) is 0 Å². The lowest BCUT2D eigenvalue weighted by atomic mass is 9.68. The minimum Gasteiger partial charge on any atom is -0.394 e. The molecule has 18 N–H and O–H groups in total. The lowest BCUT2D eigenvalue weighted by Crippen LogP contribution is -2.68. The van der Waals surface area contributed by atoms with Crippen LogP contribution in [0.3, 0.4) is 0 Å². The van der Waals surface area contributed by atoms with E-state index in [2.05, 4.69) is 0 Å². The molecule has 0 amide bonds. The topological polar surface area (TPSA) is 324 Å². The monoisotopic (exact) mass is 640 g/mol. The van der Waals surface area contributed by atoms with Crippen molar-refractivity contribution in [2.24, 2.45) is 46.2 Å². The highest BCUT2D eigenvalue weighted by molar-refractivity contribution is 5.05. The van der Waals surface area contributed by atoms with Crippen LogP contribution in [0, 0.1) is 11.8 Å². The fourth-order valence-electron chi connectivity index (χ4n) is 6.87. The van der Waals surface area contributed by atoms with E-state index in [4.69, 9.17) is 58.1 Å². The number of aliphatic hydroxyl groups is 6. The Balaban J connectivity index is 1.80. The molecule has 1 aliphatic carbocycles. The van der Waals surface area contributed by atoms with Crippen LogP contribution in [0.5, 0.6) is 0 Å². The first-order valence-corrected chi connectivity index (χ1v) is 15.3. The fraction of sp³-hybridized carbons (Fsp3) is 1.00. The molecule has 19 atom stereocenters. The molecule has 0 bridgehead atoms. The minimum atomic E-state index is -1.46. The molecular formula is C27H56N6O11. The predicted molar refractivity (Wildman–Crippen MR) is 156 cm³/mol. The molecule has 0 aromatic heterocycles. The maximum atomic E-state index is 11.2. The number of aliphatic hydroxyl groups excluding tert-OH is 6. The van der Waals surface area contributed by atoms with Gasteiger partial charge in [0.05, 0.1) is 61.4 Å². The molecule has 2 heterocycles. The molecule has 17 heteroatoms. The molecule has 3 fully saturated rings. The highest BCUT2D eigenvalue weighted by atomic mass is 16.7. The molecule has 2 saturated heterocycles. The van der Waals surface area contributed by atoms with Gasteiger partial charge in [-0.05, 0) is 32.2 Å². The summed E-state index contributed by atoms with van der Waals surface area (Å²) in [6.45, 7) is 2.97. The fourth-order valence-corrected chi connectivity index (χ4v) is 6.87. The molecule has 0 aromatic carbocycles. The van der Waals surface area contributed by atoms with Gasteiger partial charge < -0.3 is 88.7 Å². The third kappa shape index (κ3) is 7.88. The Kier molecular flexibility index (Phi) is 14.1. The second kappa shape index (κ2) is 16.4. The Morgan fingerprint density at radius 3 is 2.11 bits per heavy atom. The van der Waals surface area contributed by atoms with Crippen molar-refractivity contribution in [3.63, 3.8) is 0 Å². The largest absolute Gasteiger partial charge is 0.394 e. The Morgan fingerprint density at radius 1 is 0.886 bits per heavy atom. The third-order valence-corrected chi connectivity index (χ3v) is 9.56. The zero-order valence-electron chi connectivity index (χ0n) is 25.7. The van der Waals surface area contributed by atoms with Crippen LogP contribution in [-0.2, 0) is 23.7 Å². The van der Waals surface area contributed by atoms with Gasteiger partial charge in [0.15, 0.2) is 6.29 Å². The molecule has 17 nitrogen and oxygen atoms in total. The van der Waals surface area contributed by atoms with E-state index in [1.807, 2.05) is 6.92 Å². The van der Waals surface area contributed by atoms with Crippen molar-refractivity contribution in [2.45, 2.75) is 130 Å². The molecule has 0 spiro atoms. The first-order chi connectivity index (χ1) is 20.7. The van der Waals surface area contributed by atoms with E-state index < -0.39 is 122 Å². The summed E-state index contributed by atoms with van der Waals surface area (Å²) in [5, 5.41) is 63.6. The zero-order valence-corrected chi connectivity index (χ0v) is 25.7. The van der Waals surface area contributed by atoms with Gasteiger partial charge in [-0.3, -0.25) is 0 Å². The standard InChI is InChI=1S/C27H56N6O11/c1-9(23-18(33)26(40-3)21(38)14(7-29)42-23)16-11(30)6-12(31)19(36)25(16)44-27-22(39)24(15(8-34)43-27)41-10(2)17(32)20(37)13(35)4-5-28/h9-27,34-39H,4-8,28-33H2,1-3H3. The Hall–Kier alpha value is -0.680. The van der Waals surface area contributed by atoms with Crippen LogP contribution < -0.4 is 34.4 Å². The maximum Gasteiger partial charge on any atom is 0.187 e. The van der Waals surface area contributed by atoms with Crippen LogP contribution in [0.25, 0.3) is 0 Å². The normalized spacial score (nSPS) is 45.1. The van der Waals surface area contributed by atoms with Crippen molar-refractivity contribution in [2.75, 3.05) is 26.8 Å². The van der Waals surface area contributed by atoms with Crippen LogP contribution in [0.15, 0.2) is 0 Å². The Morgan fingerprint density at radius 2 is 1.55 bits per heavy atom. The summed E-state index contributed by atoms with van der Waals surface area (Å²) in [6.07, 6.45) is -13.7. The second-order valence-electron chi connectivity index (χ2n) is 12.5. The average Bonchev–Trinajstić information content (AvgIpc) is 3.28. The summed E-state index contributed by atoms with van der Waals surface area (Å²) in [5.41, 5.74) is 36.7. The Labute approximate surface area is 258 Å². The summed E-state index contributed by atoms with van der Waals surface area (Å²) in [4.78, 5) is 0. The van der Waals surface area contributed by atoms with Gasteiger partial charge in [0.1, 0.15) is 30.5 Å². The summed E-state index contributed by atoms with van der Waals surface area (Å²) < 4.78 is 29.6. The van der Waals surface area contributed by atoms with E-state index in [-0.39, 0.29) is 25.9 Å². The number of methoxy groups -OCH3 is 1. The summed E-state index contributed by atoms with van der Waals surface area (Å²) in [7, 11) is 1.43. The van der Waals surface area contributed by atoms with Crippen molar-refractivity contribution in [1.82, 2.24) is 0 Å². The van der Waals surface area contributed by atoms with Crippen LogP contribution in [0.1, 0.15) is 26.7 Å². The van der Waals surface area contributed by atoms with Gasteiger partial charge in [0, 0.05) is 31.7 Å². The lowest BCUT2D eigenvalue weighted by Gasteiger charge is -2.51. The number of rotatable bonds is 14. The lowest BCUT2D eigenvalue weighted by molar-refractivity contribution is -0.249. The third-order valence-electron chi connectivity index (χ3n) is 9.56. The molecule has 0 aromatic rings. The molecule has 2 aliphatic heterocycles. The van der Waals surface area contributed by atoms with E-state index in [9.17, 15) is 30.6 Å². The minimum absolute atomic E-state index is 0.0121. The van der Waals surface area contributed by atoms with Gasteiger partial charge in [0.25, 0.3) is 0 Å². The van der Waals surface area contributed by atoms with Gasteiger partial charge >= 0.3 is 0 Å². The van der Waals surface area contributed by atoms with Crippen LogP contribution >= 0.6 is 0 Å². The molecular weight excluding hydrogens is 584 g/mol. The van der Waals surface area contributed by atoms with Crippen LogP contribution in [-0.4, -0.2) is 161 Å². The van der Waals surface area contributed by atoms with Gasteiger partial charge in [-0.2, -0.15) is 0 Å². The molecule has 3 rings (SSSR count). The summed E-state index contributed by atoms with van der Waals surface area (Å²) in [5.74, 6) is -1.10. The first-order valence-electron chi connectivity index (χ1n) is 15.3. The van der Waals surface area contributed by atoms with E-state index in [1.54, 1.807) is 6.92 Å². The molecule has 0 radical (unpaired) electrons. The van der Waals surface area contributed by atoms with E-state index in [0.717, 1.165) is 0 Å². The van der Waals surface area contributed by atoms with Crippen molar-refractivity contribution < 1.29 is 54.3 Å². The number of hydrogen-bond donors (Lipinski definition) is 12. The van der Waals surface area contributed by atoms with Crippen molar-refractivity contribution >= 4 is 0 Å². The van der Waals surface area contributed by atoms with Crippen molar-refractivity contribution in [3.8, 4) is 0 Å². The van der Waals surface area contributed by atoms with Gasteiger partial charge in [-0.1, -0.05) is 6.92 Å². The number of hydrogen-bond acceptors (Lipinski definition) is 17. The van der Waals surface area contributed by atoms with E-state index >= 15 is 0 Å². The SMILES string of the molecule is COC1C(N)C(C(C)C2C(N)CC(N)C(O)C2OC2OC(CO)C(OC(C)C(N)C(O)C(O)CCN)C2O)OC(CN)C1O. The van der Waals surface area contributed by atoms with Gasteiger partial charge in [-0.15, -0.1) is 0 Å². The molecule has 260 valence electrons. The first kappa shape index (κ1) is 37.8. The van der Waals surface area contributed by atoms with Gasteiger partial charge in [0.2, 0.25) is 0 Å². The van der Waals surface area contributed by atoms with Crippen LogP contribution in [0.2, 0.25) is 0 Å². The number of nitrogens with two attached hydrogens (primary N) is 6. The molecule has 44 heavy (non-hydrogen) atoms. The van der Waals surface area contributed by atoms with E-state index in [0.29, 0.717) is 0 Å². The summed E-state index contributed by atoms with van der Waals surface area (Å²) in [6, 6.07) is -3.19. The Bertz CT molecular complexity index is 871. The highest BCUT2D eigenvalue weighted by Gasteiger charge is 2.54. The molecule has 3 aliphatic rings. The molecule has 19 unspecified atom stereocenters. The zero-order chi connectivity index (χ0) is 33.0. The summed E-state index contributed by atoms with van der Waals surface area (Å²) >= 11 is 0.